The van der Waals surface area contributed by atoms with Crippen LogP contribution in [-0.2, 0) is 13.6 Å². The van der Waals surface area contributed by atoms with Gasteiger partial charge < -0.3 is 19.8 Å². The lowest BCUT2D eigenvalue weighted by Gasteiger charge is -2.23. The van der Waals surface area contributed by atoms with Crippen LogP contribution in [-0.4, -0.2) is 53.5 Å². The number of hydrogen-bond acceptors (Lipinski definition) is 5. The van der Waals surface area contributed by atoms with Gasteiger partial charge in [-0.1, -0.05) is 24.9 Å². The standard InChI is InChI=1S/C26H30ClN7O/c1-4-16-13-33(14(2)22(16)28)26(35)17-9-20-24(30-11-17)32(3)25(31-20)21-10-18-19(27)7-8-29-23(18)34(21)12-15-5-6-15/h7-11,14-16,22H,4-6,12-13,28H2,1-3H3/t14?,16-,22?/m1/s1. The van der Waals surface area contributed by atoms with E-state index in [0.717, 1.165) is 41.2 Å². The SMILES string of the molecule is CC[C@@H]1CN(C(=O)c2cnc3c(c2)nc(-c2cc4c(Cl)ccnc4n2CC2CC2)n3C)C(C)C1N. The molecule has 0 spiro atoms. The third-order valence-corrected chi connectivity index (χ3v) is 8.21. The Labute approximate surface area is 209 Å². The Morgan fingerprint density at radius 3 is 2.74 bits per heavy atom. The summed E-state index contributed by atoms with van der Waals surface area (Å²) in [4.78, 5) is 29.5. The Morgan fingerprint density at radius 2 is 2.03 bits per heavy atom. The van der Waals surface area contributed by atoms with E-state index in [0.29, 0.717) is 34.5 Å². The van der Waals surface area contributed by atoms with E-state index in [1.807, 2.05) is 35.6 Å². The fourth-order valence-electron chi connectivity index (χ4n) is 5.44. The first kappa shape index (κ1) is 22.5. The van der Waals surface area contributed by atoms with Crippen LogP contribution in [0.1, 0.15) is 43.5 Å². The summed E-state index contributed by atoms with van der Waals surface area (Å²) in [6.07, 6.45) is 6.83. The van der Waals surface area contributed by atoms with Gasteiger partial charge in [0, 0.05) is 50.0 Å². The molecule has 4 aromatic rings. The highest BCUT2D eigenvalue weighted by atomic mass is 35.5. The predicted octanol–water partition coefficient (Wildman–Crippen LogP) is 4.25. The van der Waals surface area contributed by atoms with Crippen molar-refractivity contribution in [3.63, 3.8) is 0 Å². The van der Waals surface area contributed by atoms with Crippen molar-refractivity contribution in [2.75, 3.05) is 6.54 Å². The van der Waals surface area contributed by atoms with Crippen LogP contribution in [0.25, 0.3) is 33.7 Å². The van der Waals surface area contributed by atoms with Crippen molar-refractivity contribution in [1.82, 2.24) is 29.0 Å². The second-order valence-corrected chi connectivity index (χ2v) is 10.5. The van der Waals surface area contributed by atoms with Gasteiger partial charge in [0.25, 0.3) is 5.91 Å². The van der Waals surface area contributed by atoms with Crippen molar-refractivity contribution in [2.24, 2.45) is 24.6 Å². The van der Waals surface area contributed by atoms with Crippen LogP contribution in [0.2, 0.25) is 5.02 Å². The van der Waals surface area contributed by atoms with E-state index in [2.05, 4.69) is 27.5 Å². The number of likely N-dealkylation sites (tertiary alicyclic amines) is 1. The number of hydrogen-bond donors (Lipinski definition) is 1. The summed E-state index contributed by atoms with van der Waals surface area (Å²) < 4.78 is 4.21. The van der Waals surface area contributed by atoms with E-state index in [4.69, 9.17) is 22.3 Å². The summed E-state index contributed by atoms with van der Waals surface area (Å²) in [5.74, 6) is 1.72. The van der Waals surface area contributed by atoms with Gasteiger partial charge in [0.1, 0.15) is 11.2 Å². The topological polar surface area (TPSA) is 94.9 Å². The monoisotopic (exact) mass is 491 g/mol. The Bertz CT molecular complexity index is 1450. The Balaban J connectivity index is 1.41. The molecule has 0 bridgehead atoms. The molecule has 1 saturated heterocycles. The van der Waals surface area contributed by atoms with E-state index in [1.54, 1.807) is 12.4 Å². The fraction of sp³-hybridized carbons (Fsp3) is 0.462. The van der Waals surface area contributed by atoms with Gasteiger partial charge in [-0.05, 0) is 49.8 Å². The molecule has 1 saturated carbocycles. The molecule has 6 rings (SSSR count). The number of amides is 1. The van der Waals surface area contributed by atoms with E-state index in [9.17, 15) is 4.79 Å². The third kappa shape index (κ3) is 3.62. The number of aromatic nitrogens is 5. The number of aryl methyl sites for hydroxylation is 1. The van der Waals surface area contributed by atoms with Gasteiger partial charge in [-0.2, -0.15) is 0 Å². The molecule has 1 aliphatic carbocycles. The molecule has 1 amide bonds. The minimum atomic E-state index is -0.0377. The normalized spacial score (nSPS) is 22.5. The van der Waals surface area contributed by atoms with Crippen LogP contribution in [0.4, 0.5) is 0 Å². The smallest absolute Gasteiger partial charge is 0.255 e. The van der Waals surface area contributed by atoms with Gasteiger partial charge >= 0.3 is 0 Å². The molecule has 3 atom stereocenters. The Kier molecular flexibility index (Phi) is 5.34. The van der Waals surface area contributed by atoms with Crippen molar-refractivity contribution < 1.29 is 4.79 Å². The van der Waals surface area contributed by atoms with Crippen molar-refractivity contribution in [3.05, 3.63) is 41.2 Å². The first-order chi connectivity index (χ1) is 16.9. The lowest BCUT2D eigenvalue weighted by atomic mass is 9.98. The second-order valence-electron chi connectivity index (χ2n) is 10.1. The molecule has 35 heavy (non-hydrogen) atoms. The minimum Gasteiger partial charge on any atom is -0.334 e. The number of halogens is 1. The van der Waals surface area contributed by atoms with Crippen LogP contribution in [0.5, 0.6) is 0 Å². The zero-order valence-electron chi connectivity index (χ0n) is 20.3. The number of fused-ring (bicyclic) bond motifs is 2. The minimum absolute atomic E-state index is 0.00202. The lowest BCUT2D eigenvalue weighted by molar-refractivity contribution is 0.0739. The highest BCUT2D eigenvalue weighted by Crippen LogP contribution is 2.37. The molecule has 2 N–H and O–H groups in total. The van der Waals surface area contributed by atoms with Gasteiger partial charge in [-0.15, -0.1) is 0 Å². The predicted molar refractivity (Wildman–Crippen MR) is 137 cm³/mol. The average molecular weight is 492 g/mol. The zero-order valence-corrected chi connectivity index (χ0v) is 21.0. The van der Waals surface area contributed by atoms with Crippen molar-refractivity contribution in [1.29, 1.82) is 0 Å². The number of carbonyl (C=O) groups is 1. The first-order valence-corrected chi connectivity index (χ1v) is 12.8. The van der Waals surface area contributed by atoms with E-state index >= 15 is 0 Å². The van der Waals surface area contributed by atoms with Crippen molar-refractivity contribution >= 4 is 39.7 Å². The fourth-order valence-corrected chi connectivity index (χ4v) is 5.64. The number of carbonyl (C=O) groups excluding carboxylic acids is 1. The molecule has 4 aromatic heterocycles. The van der Waals surface area contributed by atoms with Gasteiger partial charge in [0.15, 0.2) is 11.5 Å². The summed E-state index contributed by atoms with van der Waals surface area (Å²) in [5.41, 5.74) is 10.2. The van der Waals surface area contributed by atoms with E-state index in [1.165, 1.54) is 12.8 Å². The molecule has 0 aromatic carbocycles. The molecule has 2 fully saturated rings. The molecular weight excluding hydrogens is 462 g/mol. The number of nitrogens with zero attached hydrogens (tertiary/aromatic N) is 6. The van der Waals surface area contributed by atoms with Crippen LogP contribution in [0, 0.1) is 11.8 Å². The van der Waals surface area contributed by atoms with Crippen LogP contribution in [0.15, 0.2) is 30.6 Å². The number of nitrogens with two attached hydrogens (primary N) is 1. The summed E-state index contributed by atoms with van der Waals surface area (Å²) in [6.45, 7) is 5.72. The summed E-state index contributed by atoms with van der Waals surface area (Å²) in [7, 11) is 1.96. The summed E-state index contributed by atoms with van der Waals surface area (Å²) >= 11 is 6.52. The zero-order chi connectivity index (χ0) is 24.4. The molecule has 5 heterocycles. The maximum atomic E-state index is 13.4. The third-order valence-electron chi connectivity index (χ3n) is 7.88. The molecule has 0 radical (unpaired) electrons. The molecule has 8 nitrogen and oxygen atoms in total. The summed E-state index contributed by atoms with van der Waals surface area (Å²) in [6, 6.07) is 5.73. The number of rotatable bonds is 5. The van der Waals surface area contributed by atoms with Gasteiger partial charge in [0.2, 0.25) is 0 Å². The van der Waals surface area contributed by atoms with Crippen molar-refractivity contribution in [2.45, 2.75) is 51.7 Å². The van der Waals surface area contributed by atoms with Gasteiger partial charge in [0.05, 0.1) is 16.3 Å². The molecule has 2 aliphatic rings. The maximum Gasteiger partial charge on any atom is 0.255 e. The van der Waals surface area contributed by atoms with Crippen molar-refractivity contribution in [3.8, 4) is 11.5 Å². The number of imidazole rings is 1. The van der Waals surface area contributed by atoms with Gasteiger partial charge in [-0.25, -0.2) is 15.0 Å². The van der Waals surface area contributed by atoms with Gasteiger partial charge in [-0.3, -0.25) is 4.79 Å². The molecular formula is C26H30ClN7O. The van der Waals surface area contributed by atoms with E-state index in [-0.39, 0.29) is 18.0 Å². The highest BCUT2D eigenvalue weighted by molar-refractivity contribution is 6.35. The molecule has 182 valence electrons. The van der Waals surface area contributed by atoms with Crippen LogP contribution < -0.4 is 5.73 Å². The molecule has 9 heteroatoms. The second kappa shape index (κ2) is 8.31. The number of pyridine rings is 2. The first-order valence-electron chi connectivity index (χ1n) is 12.4. The maximum absolute atomic E-state index is 13.4. The Morgan fingerprint density at radius 1 is 1.23 bits per heavy atom. The van der Waals surface area contributed by atoms with E-state index < -0.39 is 0 Å². The highest BCUT2D eigenvalue weighted by Gasteiger charge is 2.38. The summed E-state index contributed by atoms with van der Waals surface area (Å²) in [5, 5.41) is 1.60. The molecule has 1 aliphatic heterocycles. The van der Waals surface area contributed by atoms with Crippen LogP contribution >= 0.6 is 11.6 Å². The Hall–Kier alpha value is -2.97. The average Bonchev–Trinajstić information content (AvgIpc) is 3.43. The van der Waals surface area contributed by atoms with Crippen LogP contribution in [0.3, 0.4) is 0 Å². The lowest BCUT2D eigenvalue weighted by Crippen LogP contribution is -2.41. The molecule has 2 unspecified atom stereocenters. The largest absolute Gasteiger partial charge is 0.334 e. The quantitative estimate of drug-likeness (QED) is 0.450.